The van der Waals surface area contributed by atoms with Gasteiger partial charge in [0.1, 0.15) is 11.6 Å². The van der Waals surface area contributed by atoms with Crippen LogP contribution in [0.1, 0.15) is 18.4 Å². The van der Waals surface area contributed by atoms with Crippen LogP contribution in [0.4, 0.5) is 0 Å². The van der Waals surface area contributed by atoms with Gasteiger partial charge in [0.05, 0.1) is 31.2 Å². The first-order valence-corrected chi connectivity index (χ1v) is 14.0. The zero-order valence-electron chi connectivity index (χ0n) is 20.8. The molecular weight excluding hydrogens is 544 g/mol. The summed E-state index contributed by atoms with van der Waals surface area (Å²) < 4.78 is 11.9. The average molecular weight is 579 g/mol. The van der Waals surface area contributed by atoms with Gasteiger partial charge in [-0.2, -0.15) is 0 Å². The van der Waals surface area contributed by atoms with E-state index in [0.29, 0.717) is 45.7 Å². The second-order valence-corrected chi connectivity index (χ2v) is 11.4. The Morgan fingerprint density at radius 1 is 1.11 bits per heavy atom. The van der Waals surface area contributed by atoms with Gasteiger partial charge in [0.15, 0.2) is 0 Å². The third-order valence-corrected chi connectivity index (χ3v) is 8.88. The first-order valence-electron chi connectivity index (χ1n) is 13.1. The molecule has 0 saturated carbocycles. The van der Waals surface area contributed by atoms with Gasteiger partial charge >= 0.3 is 0 Å². The number of fused-ring (bicyclic) bond motifs is 1. The number of carbonyl (C=O) groups is 3. The summed E-state index contributed by atoms with van der Waals surface area (Å²) >= 11 is 3.68. The highest BCUT2D eigenvalue weighted by atomic mass is 79.9. The molecule has 3 unspecified atom stereocenters. The molecule has 4 fully saturated rings. The molecule has 37 heavy (non-hydrogen) atoms. The van der Waals surface area contributed by atoms with Crippen molar-refractivity contribution in [3.63, 3.8) is 0 Å². The van der Waals surface area contributed by atoms with E-state index in [1.165, 1.54) is 4.90 Å². The van der Waals surface area contributed by atoms with Crippen molar-refractivity contribution in [2.75, 3.05) is 52.5 Å². The number of amides is 3. The van der Waals surface area contributed by atoms with Crippen LogP contribution in [0, 0.1) is 11.8 Å². The molecule has 1 aromatic carbocycles. The van der Waals surface area contributed by atoms with E-state index in [4.69, 9.17) is 9.47 Å². The zero-order chi connectivity index (χ0) is 26.0. The molecule has 0 radical (unpaired) electrons. The molecule has 2 bridgehead atoms. The molecule has 4 saturated heterocycles. The number of carbonyl (C=O) groups excluding carboxylic acids is 3. The van der Waals surface area contributed by atoms with Gasteiger partial charge in [-0.05, 0) is 18.4 Å². The Hall–Kier alpha value is -2.05. The van der Waals surface area contributed by atoms with Crippen LogP contribution in [-0.4, -0.2) is 108 Å². The fraction of sp³-hybridized carbons (Fsp3) is 0.654. The fourth-order valence-corrected chi connectivity index (χ4v) is 7.32. The van der Waals surface area contributed by atoms with Gasteiger partial charge in [-0.1, -0.05) is 46.3 Å². The molecule has 3 N–H and O–H groups in total. The number of likely N-dealkylation sites (tertiary alicyclic amines) is 1. The van der Waals surface area contributed by atoms with Crippen molar-refractivity contribution in [1.82, 2.24) is 20.4 Å². The second-order valence-electron chi connectivity index (χ2n) is 10.2. The van der Waals surface area contributed by atoms with Crippen LogP contribution >= 0.6 is 15.9 Å². The van der Waals surface area contributed by atoms with E-state index in [-0.39, 0.29) is 35.7 Å². The Morgan fingerprint density at radius 3 is 2.59 bits per heavy atom. The van der Waals surface area contributed by atoms with E-state index in [0.717, 1.165) is 18.7 Å². The standard InChI is InChI=1S/C26H35BrN4O6/c27-18-15-26-20(19(21(18)37-26)23(33)29-16-17-5-2-1-3-6-17)25(35)31(8-4-12-32)22(26)24(34)28-7-9-30-10-13-36-14-11-30/h1-3,5-6,18-22,32H,4,7-16H2,(H,28,34)(H,29,33)/t18?,19-,20-,21-,22?,26?/m0/s1. The van der Waals surface area contributed by atoms with Crippen molar-refractivity contribution in [1.29, 1.82) is 0 Å². The first-order chi connectivity index (χ1) is 18.0. The number of alkyl halides is 1. The Morgan fingerprint density at radius 2 is 1.86 bits per heavy atom. The number of morpholine rings is 1. The molecule has 4 aliphatic heterocycles. The Kier molecular flexibility index (Phi) is 8.16. The molecular formula is C26H35BrN4O6. The highest BCUT2D eigenvalue weighted by Gasteiger charge is 2.76. The summed E-state index contributed by atoms with van der Waals surface area (Å²) in [7, 11) is 0. The molecule has 3 amide bonds. The predicted octanol–water partition coefficient (Wildman–Crippen LogP) is -0.118. The third-order valence-electron chi connectivity index (χ3n) is 8.04. The van der Waals surface area contributed by atoms with Crippen molar-refractivity contribution < 1.29 is 29.0 Å². The van der Waals surface area contributed by atoms with Crippen LogP contribution in [0.15, 0.2) is 30.3 Å². The van der Waals surface area contributed by atoms with Gasteiger partial charge in [0.25, 0.3) is 0 Å². The SMILES string of the molecule is O=C(NCCN1CCOCC1)C1N(CCCO)C(=O)[C@@H]2[C@H](C(=O)NCc3ccccc3)[C@H]3OC12CC3Br. The molecule has 4 aliphatic rings. The number of nitrogens with one attached hydrogen (secondary N) is 2. The number of ether oxygens (including phenoxy) is 2. The lowest BCUT2D eigenvalue weighted by Crippen LogP contribution is -2.56. The number of hydrogen-bond donors (Lipinski definition) is 3. The van der Waals surface area contributed by atoms with E-state index >= 15 is 0 Å². The summed E-state index contributed by atoms with van der Waals surface area (Å²) in [5.41, 5.74) is -0.117. The van der Waals surface area contributed by atoms with Crippen molar-refractivity contribution >= 4 is 33.7 Å². The first kappa shape index (κ1) is 26.6. The highest BCUT2D eigenvalue weighted by molar-refractivity contribution is 9.09. The number of benzene rings is 1. The van der Waals surface area contributed by atoms with Crippen LogP contribution in [0.5, 0.6) is 0 Å². The summed E-state index contributed by atoms with van der Waals surface area (Å²) in [6.07, 6.45) is 0.319. The quantitative estimate of drug-likeness (QED) is 0.331. The van der Waals surface area contributed by atoms with Crippen molar-refractivity contribution in [3.8, 4) is 0 Å². The molecule has 11 heteroatoms. The molecule has 0 aliphatic carbocycles. The second kappa shape index (κ2) is 11.4. The largest absolute Gasteiger partial charge is 0.396 e. The van der Waals surface area contributed by atoms with Crippen molar-refractivity contribution in [2.24, 2.45) is 11.8 Å². The number of hydrogen-bond acceptors (Lipinski definition) is 7. The van der Waals surface area contributed by atoms with Crippen LogP contribution in [0.2, 0.25) is 0 Å². The maximum Gasteiger partial charge on any atom is 0.245 e. The predicted molar refractivity (Wildman–Crippen MR) is 138 cm³/mol. The Labute approximate surface area is 225 Å². The molecule has 5 rings (SSSR count). The molecule has 0 aromatic heterocycles. The lowest BCUT2D eigenvalue weighted by atomic mass is 9.70. The minimum absolute atomic E-state index is 0.0989. The Balaban J connectivity index is 1.33. The lowest BCUT2D eigenvalue weighted by Gasteiger charge is -2.34. The Bertz CT molecular complexity index is 993. The summed E-state index contributed by atoms with van der Waals surface area (Å²) in [6, 6.07) is 8.75. The highest BCUT2D eigenvalue weighted by Crippen LogP contribution is 2.59. The van der Waals surface area contributed by atoms with Crippen LogP contribution in [-0.2, 0) is 30.4 Å². The number of rotatable bonds is 10. The monoisotopic (exact) mass is 578 g/mol. The van der Waals surface area contributed by atoms with Gasteiger partial charge in [-0.15, -0.1) is 0 Å². The van der Waals surface area contributed by atoms with Gasteiger partial charge in [0.2, 0.25) is 17.7 Å². The van der Waals surface area contributed by atoms with Crippen LogP contribution < -0.4 is 10.6 Å². The molecule has 202 valence electrons. The summed E-state index contributed by atoms with van der Waals surface area (Å²) in [5.74, 6) is -2.20. The normalized spacial score (nSPS) is 33.0. The summed E-state index contributed by atoms with van der Waals surface area (Å²) in [5, 5.41) is 15.5. The van der Waals surface area contributed by atoms with Crippen molar-refractivity contribution in [2.45, 2.75) is 42.0 Å². The molecule has 1 aromatic rings. The maximum absolute atomic E-state index is 13.8. The van der Waals surface area contributed by atoms with E-state index in [1.807, 2.05) is 30.3 Å². The fourth-order valence-electron chi connectivity index (χ4n) is 6.37. The minimum atomic E-state index is -1.08. The van der Waals surface area contributed by atoms with Crippen LogP contribution in [0.25, 0.3) is 0 Å². The smallest absolute Gasteiger partial charge is 0.245 e. The molecule has 4 heterocycles. The third kappa shape index (κ3) is 5.04. The van der Waals surface area contributed by atoms with E-state index in [2.05, 4.69) is 31.5 Å². The summed E-state index contributed by atoms with van der Waals surface area (Å²) in [4.78, 5) is 44.5. The maximum atomic E-state index is 13.8. The average Bonchev–Trinajstić information content (AvgIpc) is 3.50. The number of halogens is 1. The summed E-state index contributed by atoms with van der Waals surface area (Å²) in [6.45, 7) is 4.62. The molecule has 10 nitrogen and oxygen atoms in total. The zero-order valence-corrected chi connectivity index (χ0v) is 22.4. The number of nitrogens with zero attached hydrogens (tertiary/aromatic N) is 2. The van der Waals surface area contributed by atoms with Gasteiger partial charge in [-0.3, -0.25) is 19.3 Å². The van der Waals surface area contributed by atoms with Crippen LogP contribution in [0.3, 0.4) is 0 Å². The van der Waals surface area contributed by atoms with E-state index < -0.39 is 29.6 Å². The van der Waals surface area contributed by atoms with E-state index in [1.54, 1.807) is 0 Å². The van der Waals surface area contributed by atoms with Gasteiger partial charge < -0.3 is 30.1 Å². The topological polar surface area (TPSA) is 120 Å². The number of aliphatic hydroxyl groups excluding tert-OH is 1. The van der Waals surface area contributed by atoms with Gasteiger partial charge in [0, 0.05) is 50.7 Å². The molecule has 1 spiro atoms. The van der Waals surface area contributed by atoms with E-state index in [9.17, 15) is 19.5 Å². The van der Waals surface area contributed by atoms with Crippen molar-refractivity contribution in [3.05, 3.63) is 35.9 Å². The number of aliphatic hydroxyl groups is 1. The van der Waals surface area contributed by atoms with Gasteiger partial charge in [-0.25, -0.2) is 0 Å². The lowest BCUT2D eigenvalue weighted by molar-refractivity contribution is -0.142. The molecule has 6 atom stereocenters. The minimum Gasteiger partial charge on any atom is -0.396 e.